The predicted octanol–water partition coefficient (Wildman–Crippen LogP) is 4.75. The van der Waals surface area contributed by atoms with E-state index in [0.29, 0.717) is 17.5 Å². The molecule has 0 aliphatic heterocycles. The second-order valence-electron chi connectivity index (χ2n) is 9.33. The molecular weight excluding hydrogens is 492 g/mol. The Morgan fingerprint density at radius 3 is 2.58 bits per heavy atom. The van der Waals surface area contributed by atoms with Crippen molar-refractivity contribution in [3.63, 3.8) is 0 Å². The van der Waals surface area contributed by atoms with Crippen molar-refractivity contribution in [1.82, 2.24) is 19.9 Å². The molecule has 0 fully saturated rings. The summed E-state index contributed by atoms with van der Waals surface area (Å²) in [6.07, 6.45) is 2.58. The third-order valence-electron chi connectivity index (χ3n) is 5.25. The van der Waals surface area contributed by atoms with Crippen molar-refractivity contribution in [1.29, 1.82) is 0 Å². The summed E-state index contributed by atoms with van der Waals surface area (Å²) in [5, 5.41) is 13.4. The summed E-state index contributed by atoms with van der Waals surface area (Å²) in [6, 6.07) is 8.24. The Labute approximate surface area is 220 Å². The van der Waals surface area contributed by atoms with Crippen LogP contribution in [0.4, 0.5) is 9.59 Å². The van der Waals surface area contributed by atoms with E-state index in [4.69, 9.17) is 14.2 Å². The highest BCUT2D eigenvalue weighted by molar-refractivity contribution is 5.89. The Kier molecular flexibility index (Phi) is 9.19. The molecule has 0 aliphatic carbocycles. The standard InChI is InChI=1S/C27H32N4O7/c1-6-18(32)11-9-13-37-16-22(30-25(33)38-27(2,3)4)23-28-21(15-31(23)26(34)35)19-14-17-10-7-8-12-20(17)29-24(19)36-5/h7-12,14-15,22H,6,13,16H2,1-5H3,(H,30,33)(H,34,35)/b11-9+/t22-/m0/s1. The molecule has 11 nitrogen and oxygen atoms in total. The van der Waals surface area contributed by atoms with Crippen LogP contribution in [0.2, 0.25) is 0 Å². The normalized spacial score (nSPS) is 12.4. The largest absolute Gasteiger partial charge is 0.480 e. The molecule has 1 atom stereocenters. The number of para-hydroxylation sites is 1. The fourth-order valence-electron chi connectivity index (χ4n) is 3.54. The number of carbonyl (C=O) groups is 3. The molecule has 0 aliphatic rings. The summed E-state index contributed by atoms with van der Waals surface area (Å²) >= 11 is 0. The molecule has 202 valence electrons. The first-order valence-corrected chi connectivity index (χ1v) is 12.1. The van der Waals surface area contributed by atoms with Crippen LogP contribution in [-0.4, -0.2) is 63.5 Å². The van der Waals surface area contributed by atoms with Crippen LogP contribution in [0.5, 0.6) is 5.88 Å². The van der Waals surface area contributed by atoms with Gasteiger partial charge in [0, 0.05) is 18.0 Å². The van der Waals surface area contributed by atoms with Crippen molar-refractivity contribution in [3.05, 3.63) is 54.5 Å². The number of ether oxygens (including phenoxy) is 3. The maximum Gasteiger partial charge on any atom is 0.417 e. The lowest BCUT2D eigenvalue weighted by atomic mass is 10.1. The molecule has 3 aromatic rings. The molecule has 11 heteroatoms. The number of amides is 1. The lowest BCUT2D eigenvalue weighted by Gasteiger charge is -2.23. The number of nitrogens with zero attached hydrogens (tertiary/aromatic N) is 3. The molecule has 38 heavy (non-hydrogen) atoms. The van der Waals surface area contributed by atoms with E-state index in [9.17, 15) is 19.5 Å². The first-order valence-electron chi connectivity index (χ1n) is 12.1. The summed E-state index contributed by atoms with van der Waals surface area (Å²) in [5.41, 5.74) is 0.682. The molecule has 3 rings (SSSR count). The highest BCUT2D eigenvalue weighted by atomic mass is 16.6. The van der Waals surface area contributed by atoms with Crippen LogP contribution in [0, 0.1) is 0 Å². The molecule has 1 aromatic carbocycles. The van der Waals surface area contributed by atoms with E-state index in [2.05, 4.69) is 15.3 Å². The van der Waals surface area contributed by atoms with Crippen molar-refractivity contribution in [2.75, 3.05) is 20.3 Å². The number of imidazole rings is 1. The number of ketones is 1. The number of carboxylic acid groups (broad SMARTS) is 1. The Balaban J connectivity index is 1.99. The van der Waals surface area contributed by atoms with Gasteiger partial charge in [-0.05, 0) is 39.0 Å². The fourth-order valence-corrected chi connectivity index (χ4v) is 3.54. The zero-order valence-corrected chi connectivity index (χ0v) is 22.1. The number of aromatic nitrogens is 3. The van der Waals surface area contributed by atoms with Gasteiger partial charge in [-0.25, -0.2) is 24.1 Å². The van der Waals surface area contributed by atoms with Crippen LogP contribution in [0.15, 0.2) is 48.7 Å². The molecule has 2 aromatic heterocycles. The molecule has 0 saturated heterocycles. The monoisotopic (exact) mass is 524 g/mol. The average Bonchev–Trinajstić information content (AvgIpc) is 3.31. The highest BCUT2D eigenvalue weighted by Gasteiger charge is 2.28. The Bertz CT molecular complexity index is 1340. The van der Waals surface area contributed by atoms with E-state index < -0.39 is 23.8 Å². The van der Waals surface area contributed by atoms with E-state index in [1.165, 1.54) is 19.4 Å². The molecule has 0 radical (unpaired) electrons. The SMILES string of the molecule is CCC(=O)/C=C/COC[C@H](NC(=O)OC(C)(C)C)c1nc(-c2cc3ccccc3nc2OC)cn1C(=O)O. The van der Waals surface area contributed by atoms with Crippen molar-refractivity contribution >= 4 is 28.9 Å². The number of hydrogen-bond donors (Lipinski definition) is 2. The zero-order chi connectivity index (χ0) is 27.9. The maximum atomic E-state index is 12.6. The van der Waals surface area contributed by atoms with Crippen molar-refractivity contribution in [3.8, 4) is 17.1 Å². The van der Waals surface area contributed by atoms with E-state index in [1.54, 1.807) is 33.8 Å². The number of fused-ring (bicyclic) bond motifs is 1. The van der Waals surface area contributed by atoms with E-state index >= 15 is 0 Å². The van der Waals surface area contributed by atoms with Crippen molar-refractivity contribution < 1.29 is 33.7 Å². The number of benzene rings is 1. The zero-order valence-electron chi connectivity index (χ0n) is 22.1. The van der Waals surface area contributed by atoms with Gasteiger partial charge in [-0.2, -0.15) is 0 Å². The number of hydrogen-bond acceptors (Lipinski definition) is 8. The summed E-state index contributed by atoms with van der Waals surface area (Å²) < 4.78 is 17.4. The smallest absolute Gasteiger partial charge is 0.417 e. The predicted molar refractivity (Wildman–Crippen MR) is 140 cm³/mol. The van der Waals surface area contributed by atoms with Gasteiger partial charge in [-0.15, -0.1) is 0 Å². The van der Waals surface area contributed by atoms with Gasteiger partial charge in [-0.3, -0.25) is 4.79 Å². The van der Waals surface area contributed by atoms with Crippen LogP contribution in [0.3, 0.4) is 0 Å². The number of pyridine rings is 1. The van der Waals surface area contributed by atoms with Gasteiger partial charge in [-0.1, -0.05) is 31.2 Å². The highest BCUT2D eigenvalue weighted by Crippen LogP contribution is 2.32. The number of nitrogens with one attached hydrogen (secondary N) is 1. The number of alkyl carbamates (subject to hydrolysis) is 1. The molecule has 0 bridgehead atoms. The quantitative estimate of drug-likeness (QED) is 0.284. The van der Waals surface area contributed by atoms with E-state index in [1.807, 2.05) is 30.3 Å². The van der Waals surface area contributed by atoms with Gasteiger partial charge < -0.3 is 24.6 Å². The lowest BCUT2D eigenvalue weighted by Crippen LogP contribution is -2.38. The lowest BCUT2D eigenvalue weighted by molar-refractivity contribution is -0.114. The number of allylic oxidation sites excluding steroid dienone is 1. The van der Waals surface area contributed by atoms with Gasteiger partial charge >= 0.3 is 12.2 Å². The third kappa shape index (κ3) is 7.39. The van der Waals surface area contributed by atoms with Crippen LogP contribution in [-0.2, 0) is 14.3 Å². The minimum absolute atomic E-state index is 0.00202. The molecule has 2 heterocycles. The fraction of sp³-hybridized carbons (Fsp3) is 0.370. The summed E-state index contributed by atoms with van der Waals surface area (Å²) in [4.78, 5) is 45.3. The minimum Gasteiger partial charge on any atom is -0.480 e. The van der Waals surface area contributed by atoms with Crippen molar-refractivity contribution in [2.24, 2.45) is 0 Å². The molecule has 0 saturated carbocycles. The van der Waals surface area contributed by atoms with Crippen LogP contribution >= 0.6 is 0 Å². The Morgan fingerprint density at radius 2 is 1.92 bits per heavy atom. The second kappa shape index (κ2) is 12.3. The van der Waals surface area contributed by atoms with Crippen molar-refractivity contribution in [2.45, 2.75) is 45.8 Å². The van der Waals surface area contributed by atoms with Gasteiger partial charge in [0.05, 0.1) is 37.1 Å². The first-order chi connectivity index (χ1) is 18.0. The molecule has 0 unspecified atom stereocenters. The molecule has 2 N–H and O–H groups in total. The number of rotatable bonds is 10. The Morgan fingerprint density at radius 1 is 1.18 bits per heavy atom. The topological polar surface area (TPSA) is 142 Å². The van der Waals surface area contributed by atoms with Gasteiger partial charge in [0.15, 0.2) is 5.78 Å². The minimum atomic E-state index is -1.31. The summed E-state index contributed by atoms with van der Waals surface area (Å²) in [6.45, 7) is 6.81. The maximum absolute atomic E-state index is 12.6. The van der Waals surface area contributed by atoms with Crippen LogP contribution in [0.25, 0.3) is 22.2 Å². The third-order valence-corrected chi connectivity index (χ3v) is 5.25. The first kappa shape index (κ1) is 28.3. The van der Waals surface area contributed by atoms with Crippen LogP contribution in [0.1, 0.15) is 46.0 Å². The average molecular weight is 525 g/mol. The second-order valence-corrected chi connectivity index (χ2v) is 9.33. The summed E-state index contributed by atoms with van der Waals surface area (Å²) in [5.74, 6) is 0.215. The van der Waals surface area contributed by atoms with E-state index in [0.717, 1.165) is 9.95 Å². The summed E-state index contributed by atoms with van der Waals surface area (Å²) in [7, 11) is 1.47. The number of carbonyl (C=O) groups excluding carboxylic acids is 2. The Hall–Kier alpha value is -4.25. The van der Waals surface area contributed by atoms with Crippen LogP contribution < -0.4 is 10.1 Å². The molecule has 0 spiro atoms. The molecular formula is C27H32N4O7. The van der Waals surface area contributed by atoms with E-state index in [-0.39, 0.29) is 36.4 Å². The number of methoxy groups -OCH3 is 1. The van der Waals surface area contributed by atoms with Gasteiger partial charge in [0.1, 0.15) is 17.5 Å². The van der Waals surface area contributed by atoms with Gasteiger partial charge in [0.25, 0.3) is 0 Å². The van der Waals surface area contributed by atoms with Gasteiger partial charge in [0.2, 0.25) is 5.88 Å². The molecule has 1 amide bonds.